The lowest BCUT2D eigenvalue weighted by Gasteiger charge is -2.38. The van der Waals surface area contributed by atoms with Crippen LogP contribution in [0.25, 0.3) is 0 Å². The Bertz CT molecular complexity index is 303. The fourth-order valence-electron chi connectivity index (χ4n) is 4.47. The highest BCUT2D eigenvalue weighted by molar-refractivity contribution is 4.80. The molecule has 3 aliphatic heterocycles. The third kappa shape index (κ3) is 4.92. The molecule has 0 amide bonds. The van der Waals surface area contributed by atoms with E-state index in [1.807, 2.05) is 7.11 Å². The SMILES string of the molecule is COC1CCN(CC2CCN(CC3CCNCC3)CC2)CC1. The molecule has 3 aliphatic rings. The molecule has 0 radical (unpaired) electrons. The maximum Gasteiger partial charge on any atom is 0.0595 e. The van der Waals surface area contributed by atoms with Gasteiger partial charge < -0.3 is 19.9 Å². The molecule has 3 saturated heterocycles. The number of rotatable bonds is 5. The molecule has 0 aromatic rings. The first-order valence-corrected chi connectivity index (χ1v) is 9.51. The summed E-state index contributed by atoms with van der Waals surface area (Å²) in [5, 5.41) is 3.48. The Morgan fingerprint density at radius 3 is 1.82 bits per heavy atom. The van der Waals surface area contributed by atoms with E-state index in [0.29, 0.717) is 6.10 Å². The van der Waals surface area contributed by atoms with Crippen molar-refractivity contribution in [3.05, 3.63) is 0 Å². The predicted octanol–water partition coefficient (Wildman–Crippen LogP) is 1.81. The van der Waals surface area contributed by atoms with E-state index < -0.39 is 0 Å². The fraction of sp³-hybridized carbons (Fsp3) is 1.00. The van der Waals surface area contributed by atoms with Gasteiger partial charge in [-0.1, -0.05) is 0 Å². The number of nitrogens with zero attached hydrogens (tertiary/aromatic N) is 2. The van der Waals surface area contributed by atoms with Crippen molar-refractivity contribution in [1.82, 2.24) is 15.1 Å². The third-order valence-corrected chi connectivity index (χ3v) is 6.07. The van der Waals surface area contributed by atoms with Crippen molar-refractivity contribution in [3.63, 3.8) is 0 Å². The van der Waals surface area contributed by atoms with Gasteiger partial charge in [-0.2, -0.15) is 0 Å². The second kappa shape index (κ2) is 8.62. The van der Waals surface area contributed by atoms with Crippen molar-refractivity contribution < 1.29 is 4.74 Å². The van der Waals surface area contributed by atoms with Gasteiger partial charge in [0.05, 0.1) is 6.10 Å². The minimum atomic E-state index is 0.517. The highest BCUT2D eigenvalue weighted by Crippen LogP contribution is 2.23. The molecule has 0 spiro atoms. The Morgan fingerprint density at radius 2 is 1.27 bits per heavy atom. The van der Waals surface area contributed by atoms with E-state index in [1.165, 1.54) is 90.9 Å². The van der Waals surface area contributed by atoms with Crippen molar-refractivity contribution in [3.8, 4) is 0 Å². The van der Waals surface area contributed by atoms with E-state index in [1.54, 1.807) is 0 Å². The van der Waals surface area contributed by atoms with Crippen LogP contribution >= 0.6 is 0 Å². The number of hydrogen-bond donors (Lipinski definition) is 1. The molecule has 0 aliphatic carbocycles. The Balaban J connectivity index is 1.32. The molecule has 0 unspecified atom stereocenters. The van der Waals surface area contributed by atoms with Crippen LogP contribution in [0.4, 0.5) is 0 Å². The zero-order chi connectivity index (χ0) is 15.2. The normalized spacial score (nSPS) is 28.2. The van der Waals surface area contributed by atoms with Crippen LogP contribution in [0.15, 0.2) is 0 Å². The molecular formula is C18H35N3O. The molecule has 128 valence electrons. The third-order valence-electron chi connectivity index (χ3n) is 6.07. The summed E-state index contributed by atoms with van der Waals surface area (Å²) in [6, 6.07) is 0. The van der Waals surface area contributed by atoms with Crippen LogP contribution in [0.2, 0.25) is 0 Å². The van der Waals surface area contributed by atoms with Gasteiger partial charge in [-0.15, -0.1) is 0 Å². The van der Waals surface area contributed by atoms with Gasteiger partial charge in [0.25, 0.3) is 0 Å². The molecule has 0 atom stereocenters. The van der Waals surface area contributed by atoms with Gasteiger partial charge in [-0.3, -0.25) is 0 Å². The van der Waals surface area contributed by atoms with Crippen molar-refractivity contribution in [1.29, 1.82) is 0 Å². The minimum absolute atomic E-state index is 0.517. The van der Waals surface area contributed by atoms with Crippen molar-refractivity contribution >= 4 is 0 Å². The van der Waals surface area contributed by atoms with Gasteiger partial charge in [0.1, 0.15) is 0 Å². The van der Waals surface area contributed by atoms with Crippen LogP contribution < -0.4 is 5.32 Å². The highest BCUT2D eigenvalue weighted by atomic mass is 16.5. The van der Waals surface area contributed by atoms with Gasteiger partial charge in [0.2, 0.25) is 0 Å². The van der Waals surface area contributed by atoms with E-state index in [0.717, 1.165) is 11.8 Å². The second-order valence-electron chi connectivity index (χ2n) is 7.67. The topological polar surface area (TPSA) is 27.7 Å². The molecule has 1 N–H and O–H groups in total. The van der Waals surface area contributed by atoms with Crippen LogP contribution in [0.3, 0.4) is 0 Å². The molecule has 22 heavy (non-hydrogen) atoms. The summed E-state index contributed by atoms with van der Waals surface area (Å²) >= 11 is 0. The highest BCUT2D eigenvalue weighted by Gasteiger charge is 2.25. The van der Waals surface area contributed by atoms with E-state index in [9.17, 15) is 0 Å². The molecule has 4 heteroatoms. The van der Waals surface area contributed by atoms with E-state index >= 15 is 0 Å². The summed E-state index contributed by atoms with van der Waals surface area (Å²) in [5.41, 5.74) is 0. The minimum Gasteiger partial charge on any atom is -0.381 e. The van der Waals surface area contributed by atoms with Crippen LogP contribution in [-0.4, -0.2) is 75.4 Å². The molecule has 3 heterocycles. The van der Waals surface area contributed by atoms with Gasteiger partial charge in [-0.05, 0) is 76.5 Å². The molecule has 3 fully saturated rings. The lowest BCUT2D eigenvalue weighted by atomic mass is 9.92. The fourth-order valence-corrected chi connectivity index (χ4v) is 4.47. The molecule has 0 saturated carbocycles. The maximum absolute atomic E-state index is 5.48. The van der Waals surface area contributed by atoms with Crippen molar-refractivity contribution in [2.45, 2.75) is 44.6 Å². The van der Waals surface area contributed by atoms with Gasteiger partial charge in [0, 0.05) is 33.3 Å². The Hall–Kier alpha value is -0.160. The molecule has 0 aromatic heterocycles. The zero-order valence-electron chi connectivity index (χ0n) is 14.4. The smallest absolute Gasteiger partial charge is 0.0595 e. The summed E-state index contributed by atoms with van der Waals surface area (Å²) in [4.78, 5) is 5.42. The van der Waals surface area contributed by atoms with E-state index in [-0.39, 0.29) is 0 Å². The van der Waals surface area contributed by atoms with Crippen LogP contribution in [-0.2, 0) is 4.74 Å². The van der Waals surface area contributed by atoms with Crippen LogP contribution in [0, 0.1) is 11.8 Å². The molecule has 3 rings (SSSR count). The largest absolute Gasteiger partial charge is 0.381 e. The number of likely N-dealkylation sites (tertiary alicyclic amines) is 2. The standard InChI is InChI=1S/C18H35N3O/c1-22-18-6-12-21(13-7-18)15-17-4-10-20(11-5-17)14-16-2-8-19-9-3-16/h16-19H,2-15H2,1H3. The van der Waals surface area contributed by atoms with Crippen molar-refractivity contribution in [2.75, 3.05) is 59.5 Å². The number of methoxy groups -OCH3 is 1. The summed E-state index contributed by atoms with van der Waals surface area (Å²) in [5.74, 6) is 1.88. The summed E-state index contributed by atoms with van der Waals surface area (Å²) < 4.78 is 5.48. The summed E-state index contributed by atoms with van der Waals surface area (Å²) in [7, 11) is 1.86. The van der Waals surface area contributed by atoms with E-state index in [4.69, 9.17) is 4.74 Å². The molecule has 0 aromatic carbocycles. The van der Waals surface area contributed by atoms with Crippen molar-refractivity contribution in [2.24, 2.45) is 11.8 Å². The first-order valence-electron chi connectivity index (χ1n) is 9.51. The Kier molecular flexibility index (Phi) is 6.54. The lowest BCUT2D eigenvalue weighted by Crippen LogP contribution is -2.44. The first-order chi connectivity index (χ1) is 10.8. The number of ether oxygens (including phenoxy) is 1. The predicted molar refractivity (Wildman–Crippen MR) is 91.2 cm³/mol. The average Bonchev–Trinajstić information content (AvgIpc) is 2.58. The zero-order valence-corrected chi connectivity index (χ0v) is 14.4. The average molecular weight is 309 g/mol. The first kappa shape index (κ1) is 16.7. The van der Waals surface area contributed by atoms with Crippen LogP contribution in [0.5, 0.6) is 0 Å². The monoisotopic (exact) mass is 309 g/mol. The Labute approximate surface area is 136 Å². The van der Waals surface area contributed by atoms with Gasteiger partial charge >= 0.3 is 0 Å². The van der Waals surface area contributed by atoms with E-state index in [2.05, 4.69) is 15.1 Å². The second-order valence-corrected chi connectivity index (χ2v) is 7.67. The van der Waals surface area contributed by atoms with Gasteiger partial charge in [-0.25, -0.2) is 0 Å². The molecular weight excluding hydrogens is 274 g/mol. The number of piperidine rings is 3. The number of hydrogen-bond acceptors (Lipinski definition) is 4. The Morgan fingerprint density at radius 1 is 0.773 bits per heavy atom. The number of nitrogens with one attached hydrogen (secondary N) is 1. The maximum atomic E-state index is 5.48. The molecule has 4 nitrogen and oxygen atoms in total. The summed E-state index contributed by atoms with van der Waals surface area (Å²) in [6.07, 6.45) is 8.56. The van der Waals surface area contributed by atoms with Gasteiger partial charge in [0.15, 0.2) is 0 Å². The van der Waals surface area contributed by atoms with Crippen LogP contribution in [0.1, 0.15) is 38.5 Å². The molecule has 0 bridgehead atoms. The lowest BCUT2D eigenvalue weighted by molar-refractivity contribution is 0.0315. The quantitative estimate of drug-likeness (QED) is 0.838. The summed E-state index contributed by atoms with van der Waals surface area (Å²) in [6.45, 7) is 10.3.